The van der Waals surface area contributed by atoms with Crippen LogP contribution in [0.5, 0.6) is 0 Å². The van der Waals surface area contributed by atoms with Crippen LogP contribution in [0.25, 0.3) is 10.4 Å². The van der Waals surface area contributed by atoms with Crippen LogP contribution in [0.4, 0.5) is 5.69 Å². The first-order valence-corrected chi connectivity index (χ1v) is 8.77. The number of carbonyl (C=O) groups excluding carboxylic acids is 1. The van der Waals surface area contributed by atoms with Gasteiger partial charge in [-0.05, 0) is 32.9 Å². The number of H-pyrrole nitrogens is 1. The lowest BCUT2D eigenvalue weighted by molar-refractivity contribution is 0.0901. The lowest BCUT2D eigenvalue weighted by Gasteiger charge is -2.43. The van der Waals surface area contributed by atoms with Crippen molar-refractivity contribution in [1.82, 2.24) is 25.5 Å². The summed E-state index contributed by atoms with van der Waals surface area (Å²) in [6, 6.07) is 3.85. The summed E-state index contributed by atoms with van der Waals surface area (Å²) in [4.78, 5) is 25.1. The van der Waals surface area contributed by atoms with Crippen LogP contribution in [-0.4, -0.2) is 31.7 Å². The second-order valence-electron chi connectivity index (χ2n) is 6.50. The van der Waals surface area contributed by atoms with Crippen molar-refractivity contribution < 1.29 is 4.79 Å². The van der Waals surface area contributed by atoms with Gasteiger partial charge in [0, 0.05) is 28.5 Å². The highest BCUT2D eigenvalue weighted by Crippen LogP contribution is 2.42. The fourth-order valence-corrected chi connectivity index (χ4v) is 4.14. The van der Waals surface area contributed by atoms with E-state index in [9.17, 15) is 4.79 Å². The zero-order valence-electron chi connectivity index (χ0n) is 14.2. The number of hydrogen-bond acceptors (Lipinski definition) is 6. The predicted octanol–water partition coefficient (Wildman–Crippen LogP) is 2.72. The third kappa shape index (κ3) is 2.68. The minimum atomic E-state index is -0.535. The van der Waals surface area contributed by atoms with Crippen LogP contribution < -0.4 is 10.2 Å². The number of anilines is 1. The molecule has 0 spiro atoms. The molecule has 0 saturated carbocycles. The molecule has 0 radical (unpaired) electrons. The summed E-state index contributed by atoms with van der Waals surface area (Å²) in [5, 5.41) is 10.1. The predicted molar refractivity (Wildman–Crippen MR) is 96.4 cm³/mol. The maximum Gasteiger partial charge on any atom is 0.265 e. The van der Waals surface area contributed by atoms with Crippen LogP contribution in [0.3, 0.4) is 0 Å². The molecule has 3 aromatic heterocycles. The molecule has 1 aliphatic heterocycles. The molecule has 0 aliphatic carbocycles. The normalized spacial score (nSPS) is 15.8. The number of nitrogens with one attached hydrogen (secondary N) is 2. The van der Waals surface area contributed by atoms with Gasteiger partial charge in [-0.15, -0.1) is 11.3 Å². The third-order valence-electron chi connectivity index (χ3n) is 4.32. The van der Waals surface area contributed by atoms with Gasteiger partial charge in [-0.1, -0.05) is 0 Å². The Hall–Kier alpha value is -2.74. The van der Waals surface area contributed by atoms with Crippen LogP contribution in [-0.2, 0) is 6.54 Å². The molecule has 8 heteroatoms. The number of aryl methyl sites for hydroxylation is 1. The average molecular weight is 354 g/mol. The highest BCUT2D eigenvalue weighted by molar-refractivity contribution is 7.18. The summed E-state index contributed by atoms with van der Waals surface area (Å²) in [5.41, 5.74) is 2.37. The molecule has 3 aromatic rings. The van der Waals surface area contributed by atoms with Gasteiger partial charge < -0.3 is 10.2 Å². The van der Waals surface area contributed by atoms with Gasteiger partial charge >= 0.3 is 0 Å². The molecule has 0 fully saturated rings. The van der Waals surface area contributed by atoms with Crippen molar-refractivity contribution >= 4 is 22.9 Å². The number of rotatable bonds is 3. The van der Waals surface area contributed by atoms with E-state index < -0.39 is 5.66 Å². The molecule has 0 bridgehead atoms. The van der Waals surface area contributed by atoms with Crippen molar-refractivity contribution in [2.24, 2.45) is 0 Å². The second kappa shape index (κ2) is 5.66. The van der Waals surface area contributed by atoms with E-state index >= 15 is 0 Å². The first-order valence-electron chi connectivity index (χ1n) is 7.96. The van der Waals surface area contributed by atoms with Gasteiger partial charge in [-0.2, -0.15) is 5.10 Å². The molecule has 25 heavy (non-hydrogen) atoms. The molecule has 4 heterocycles. The van der Waals surface area contributed by atoms with Crippen LogP contribution in [0.1, 0.15) is 35.0 Å². The monoisotopic (exact) mass is 354 g/mol. The van der Waals surface area contributed by atoms with Crippen LogP contribution in [0, 0.1) is 6.92 Å². The van der Waals surface area contributed by atoms with Crippen LogP contribution in [0.15, 0.2) is 30.7 Å². The maximum absolute atomic E-state index is 12.6. The largest absolute Gasteiger partial charge is 0.340 e. The van der Waals surface area contributed by atoms with Crippen molar-refractivity contribution in [2.45, 2.75) is 33.0 Å². The van der Waals surface area contributed by atoms with Crippen molar-refractivity contribution in [3.63, 3.8) is 0 Å². The molecule has 128 valence electrons. The minimum absolute atomic E-state index is 0.0531. The Morgan fingerprint density at radius 2 is 2.04 bits per heavy atom. The molecule has 0 saturated heterocycles. The van der Waals surface area contributed by atoms with Gasteiger partial charge in [-0.25, -0.2) is 9.97 Å². The highest BCUT2D eigenvalue weighted by atomic mass is 32.1. The van der Waals surface area contributed by atoms with Crippen molar-refractivity contribution in [3.05, 3.63) is 47.1 Å². The van der Waals surface area contributed by atoms with E-state index in [2.05, 4.69) is 36.4 Å². The zero-order chi connectivity index (χ0) is 17.6. The maximum atomic E-state index is 12.6. The van der Waals surface area contributed by atoms with E-state index in [-0.39, 0.29) is 5.91 Å². The number of amides is 1. The second-order valence-corrected chi connectivity index (χ2v) is 7.55. The van der Waals surface area contributed by atoms with Crippen LogP contribution >= 0.6 is 11.3 Å². The van der Waals surface area contributed by atoms with Crippen LogP contribution in [0.2, 0.25) is 0 Å². The number of hydrogen-bond donors (Lipinski definition) is 2. The molecular weight excluding hydrogens is 336 g/mol. The van der Waals surface area contributed by atoms with Gasteiger partial charge in [0.05, 0.1) is 18.4 Å². The Morgan fingerprint density at radius 3 is 2.72 bits per heavy atom. The zero-order valence-corrected chi connectivity index (χ0v) is 15.0. The van der Waals surface area contributed by atoms with Crippen molar-refractivity contribution in [1.29, 1.82) is 0 Å². The summed E-state index contributed by atoms with van der Waals surface area (Å²) in [7, 11) is 0. The number of nitrogens with zero attached hydrogens (tertiary/aromatic N) is 4. The number of carbonyl (C=O) groups is 1. The molecule has 4 rings (SSSR count). The van der Waals surface area contributed by atoms with Crippen molar-refractivity contribution in [3.8, 4) is 10.4 Å². The highest BCUT2D eigenvalue weighted by Gasteiger charge is 2.38. The Labute approximate surface area is 149 Å². The quantitative estimate of drug-likeness (QED) is 0.755. The van der Waals surface area contributed by atoms with E-state index in [1.165, 1.54) is 11.3 Å². The average Bonchev–Trinajstić information content (AvgIpc) is 3.18. The Bertz CT molecular complexity index is 930. The molecule has 2 N–H and O–H groups in total. The number of thiophene rings is 1. The van der Waals surface area contributed by atoms with E-state index in [1.807, 2.05) is 20.8 Å². The van der Waals surface area contributed by atoms with Gasteiger partial charge in [0.15, 0.2) is 0 Å². The molecule has 0 atom stereocenters. The first kappa shape index (κ1) is 15.8. The summed E-state index contributed by atoms with van der Waals surface area (Å²) in [6.45, 7) is 6.46. The molecule has 7 nitrogen and oxygen atoms in total. The molecule has 1 aliphatic rings. The first-order chi connectivity index (χ1) is 12.0. The molecule has 0 aromatic carbocycles. The third-order valence-corrected chi connectivity index (χ3v) is 5.47. The van der Waals surface area contributed by atoms with Crippen molar-refractivity contribution in [2.75, 3.05) is 4.90 Å². The number of aromatic nitrogens is 4. The topological polar surface area (TPSA) is 86.8 Å². The number of fused-ring (bicyclic) bond motifs is 1. The summed E-state index contributed by atoms with van der Waals surface area (Å²) < 4.78 is 0. The fraction of sp³-hybridized carbons (Fsp3) is 0.294. The summed E-state index contributed by atoms with van der Waals surface area (Å²) >= 11 is 1.48. The molecular formula is C17H18N6OS. The lowest BCUT2D eigenvalue weighted by Crippen LogP contribution is -2.59. The Balaban J connectivity index is 1.80. The Kier molecular flexibility index (Phi) is 3.57. The summed E-state index contributed by atoms with van der Waals surface area (Å²) in [5.74, 6) is 0.660. The SMILES string of the molecule is Cc1[nH]ncc1-c1cc2c(s1)C(=O)NC(C)(C)N2Cc1ncccn1. The van der Waals surface area contributed by atoms with E-state index in [0.717, 1.165) is 21.8 Å². The lowest BCUT2D eigenvalue weighted by atomic mass is 10.1. The van der Waals surface area contributed by atoms with Gasteiger partial charge in [0.1, 0.15) is 16.4 Å². The van der Waals surface area contributed by atoms with E-state index in [0.29, 0.717) is 17.2 Å². The molecule has 0 unspecified atom stereocenters. The minimum Gasteiger partial charge on any atom is -0.340 e. The standard InChI is InChI=1S/C17H18N6OS/c1-10-11(8-20-22-10)13-7-12-15(25-13)16(24)21-17(2,3)23(12)9-14-18-5-4-6-19-14/h4-8H,9H2,1-3H3,(H,20,22)(H,21,24). The Morgan fingerprint density at radius 1 is 1.28 bits per heavy atom. The van der Waals surface area contributed by atoms with Gasteiger partial charge in [-0.3, -0.25) is 9.89 Å². The van der Waals surface area contributed by atoms with E-state index in [1.54, 1.807) is 24.7 Å². The molecule has 1 amide bonds. The van der Waals surface area contributed by atoms with Gasteiger partial charge in [0.2, 0.25) is 0 Å². The smallest absolute Gasteiger partial charge is 0.265 e. The summed E-state index contributed by atoms with van der Waals surface area (Å²) in [6.07, 6.45) is 5.25. The fourth-order valence-electron chi connectivity index (χ4n) is 3.02. The number of aromatic amines is 1. The van der Waals surface area contributed by atoms with Gasteiger partial charge in [0.25, 0.3) is 5.91 Å². The van der Waals surface area contributed by atoms with E-state index in [4.69, 9.17) is 0 Å².